The fourth-order valence-electron chi connectivity index (χ4n) is 0.750. The lowest BCUT2D eigenvalue weighted by atomic mass is 10.5. The van der Waals surface area contributed by atoms with Crippen molar-refractivity contribution in [3.8, 4) is 0 Å². The predicted molar refractivity (Wildman–Crippen MR) is 53.1 cm³/mol. The molecule has 82 valence electrons. The van der Waals surface area contributed by atoms with Crippen molar-refractivity contribution in [2.75, 3.05) is 33.0 Å². The first-order valence-electron chi connectivity index (χ1n) is 4.76. The molecule has 0 radical (unpaired) electrons. The van der Waals surface area contributed by atoms with Crippen LogP contribution in [-0.4, -0.2) is 39.0 Å². The molecule has 0 saturated heterocycles. The standard InChI is InChI=1S/C10H18O4/c1-3-5-10(11)14-9-8-13-7-6-12-4-2/h3,5H,4,6-9H2,1-2H3. The van der Waals surface area contributed by atoms with Crippen LogP contribution < -0.4 is 0 Å². The molecule has 0 heterocycles. The fourth-order valence-corrected chi connectivity index (χ4v) is 0.750. The van der Waals surface area contributed by atoms with E-state index < -0.39 is 0 Å². The van der Waals surface area contributed by atoms with Crippen molar-refractivity contribution in [2.24, 2.45) is 0 Å². The summed E-state index contributed by atoms with van der Waals surface area (Å²) in [4.78, 5) is 10.8. The van der Waals surface area contributed by atoms with Crippen LogP contribution in [0.1, 0.15) is 13.8 Å². The molecule has 0 rings (SSSR count). The Morgan fingerprint density at radius 2 is 1.79 bits per heavy atom. The summed E-state index contributed by atoms with van der Waals surface area (Å²) in [6, 6.07) is 0. The predicted octanol–water partition coefficient (Wildman–Crippen LogP) is 1.16. The van der Waals surface area contributed by atoms with Gasteiger partial charge in [-0.3, -0.25) is 0 Å². The highest BCUT2D eigenvalue weighted by Gasteiger charge is 1.95. The molecular weight excluding hydrogens is 184 g/mol. The lowest BCUT2D eigenvalue weighted by Crippen LogP contribution is -2.11. The Hall–Kier alpha value is -0.870. The van der Waals surface area contributed by atoms with E-state index in [-0.39, 0.29) is 12.6 Å². The van der Waals surface area contributed by atoms with Gasteiger partial charge in [-0.05, 0) is 13.8 Å². The SMILES string of the molecule is CC=CC(=O)OCCOCCOCC. The van der Waals surface area contributed by atoms with Crippen molar-refractivity contribution in [1.82, 2.24) is 0 Å². The number of hydrogen-bond donors (Lipinski definition) is 0. The molecule has 0 fully saturated rings. The Kier molecular flexibility index (Phi) is 9.58. The molecule has 0 aromatic rings. The van der Waals surface area contributed by atoms with Gasteiger partial charge in [0.15, 0.2) is 0 Å². The van der Waals surface area contributed by atoms with Gasteiger partial charge in [-0.1, -0.05) is 6.08 Å². The zero-order chi connectivity index (χ0) is 10.6. The number of hydrogen-bond acceptors (Lipinski definition) is 4. The third-order valence-corrected chi connectivity index (χ3v) is 1.35. The minimum atomic E-state index is -0.332. The number of allylic oxidation sites excluding steroid dienone is 1. The van der Waals surface area contributed by atoms with Crippen LogP contribution in [0.25, 0.3) is 0 Å². The first-order valence-corrected chi connectivity index (χ1v) is 4.76. The maximum absolute atomic E-state index is 10.8. The Labute approximate surface area is 84.8 Å². The van der Waals surface area contributed by atoms with E-state index in [1.807, 2.05) is 6.92 Å². The van der Waals surface area contributed by atoms with Crippen molar-refractivity contribution >= 4 is 5.97 Å². The molecule has 14 heavy (non-hydrogen) atoms. The highest BCUT2D eigenvalue weighted by Crippen LogP contribution is 1.83. The zero-order valence-corrected chi connectivity index (χ0v) is 8.82. The minimum Gasteiger partial charge on any atom is -0.460 e. The Morgan fingerprint density at radius 3 is 2.43 bits per heavy atom. The van der Waals surface area contributed by atoms with Gasteiger partial charge in [-0.15, -0.1) is 0 Å². The average Bonchev–Trinajstić information content (AvgIpc) is 2.17. The van der Waals surface area contributed by atoms with E-state index in [4.69, 9.17) is 14.2 Å². The number of esters is 1. The molecule has 0 aromatic carbocycles. The summed E-state index contributed by atoms with van der Waals surface area (Å²) in [5.41, 5.74) is 0. The van der Waals surface area contributed by atoms with Gasteiger partial charge in [0, 0.05) is 12.7 Å². The van der Waals surface area contributed by atoms with Gasteiger partial charge < -0.3 is 14.2 Å². The molecule has 0 aromatic heterocycles. The van der Waals surface area contributed by atoms with Crippen molar-refractivity contribution < 1.29 is 19.0 Å². The van der Waals surface area contributed by atoms with Gasteiger partial charge in [0.25, 0.3) is 0 Å². The topological polar surface area (TPSA) is 44.8 Å². The summed E-state index contributed by atoms with van der Waals surface area (Å²) in [6.07, 6.45) is 3.01. The Bertz CT molecular complexity index is 166. The van der Waals surface area contributed by atoms with Gasteiger partial charge in [0.2, 0.25) is 0 Å². The van der Waals surface area contributed by atoms with Crippen molar-refractivity contribution in [3.63, 3.8) is 0 Å². The molecule has 0 saturated carbocycles. The summed E-state index contributed by atoms with van der Waals surface area (Å²) in [6.45, 7) is 6.21. The summed E-state index contributed by atoms with van der Waals surface area (Å²) in [5, 5.41) is 0. The van der Waals surface area contributed by atoms with E-state index in [1.54, 1.807) is 13.0 Å². The molecule has 0 unspecified atom stereocenters. The monoisotopic (exact) mass is 202 g/mol. The number of carbonyl (C=O) groups is 1. The molecule has 0 aliphatic carbocycles. The van der Waals surface area contributed by atoms with E-state index in [1.165, 1.54) is 6.08 Å². The quantitative estimate of drug-likeness (QED) is 0.336. The first kappa shape index (κ1) is 13.1. The molecular formula is C10H18O4. The summed E-state index contributed by atoms with van der Waals surface area (Å²) < 4.78 is 15.0. The number of ether oxygens (including phenoxy) is 3. The minimum absolute atomic E-state index is 0.287. The van der Waals surface area contributed by atoms with E-state index >= 15 is 0 Å². The lowest BCUT2D eigenvalue weighted by Gasteiger charge is -2.04. The van der Waals surface area contributed by atoms with Crippen LogP contribution in [0.15, 0.2) is 12.2 Å². The van der Waals surface area contributed by atoms with E-state index in [9.17, 15) is 4.79 Å². The molecule has 0 aliphatic rings. The maximum Gasteiger partial charge on any atom is 0.330 e. The van der Waals surface area contributed by atoms with Crippen LogP contribution in [0.5, 0.6) is 0 Å². The van der Waals surface area contributed by atoms with Gasteiger partial charge in [0.05, 0.1) is 19.8 Å². The Morgan fingerprint density at radius 1 is 1.14 bits per heavy atom. The highest BCUT2D eigenvalue weighted by atomic mass is 16.6. The van der Waals surface area contributed by atoms with Crippen LogP contribution in [0.4, 0.5) is 0 Å². The van der Waals surface area contributed by atoms with Crippen LogP contribution in [0.2, 0.25) is 0 Å². The molecule has 4 heteroatoms. The van der Waals surface area contributed by atoms with Gasteiger partial charge in [0.1, 0.15) is 6.61 Å². The first-order chi connectivity index (χ1) is 6.81. The van der Waals surface area contributed by atoms with Crippen LogP contribution in [-0.2, 0) is 19.0 Å². The highest BCUT2D eigenvalue weighted by molar-refractivity contribution is 5.81. The lowest BCUT2D eigenvalue weighted by molar-refractivity contribution is -0.139. The normalized spacial score (nSPS) is 10.7. The van der Waals surface area contributed by atoms with Crippen molar-refractivity contribution in [1.29, 1.82) is 0 Å². The number of rotatable bonds is 8. The molecule has 0 amide bonds. The third-order valence-electron chi connectivity index (χ3n) is 1.35. The summed E-state index contributed by atoms with van der Waals surface area (Å²) >= 11 is 0. The van der Waals surface area contributed by atoms with E-state index in [0.717, 1.165) is 0 Å². The molecule has 0 atom stereocenters. The van der Waals surface area contributed by atoms with Crippen LogP contribution in [0.3, 0.4) is 0 Å². The molecule has 4 nitrogen and oxygen atoms in total. The van der Waals surface area contributed by atoms with Gasteiger partial charge in [-0.25, -0.2) is 4.79 Å². The maximum atomic E-state index is 10.8. The largest absolute Gasteiger partial charge is 0.460 e. The molecule has 0 bridgehead atoms. The average molecular weight is 202 g/mol. The second-order valence-corrected chi connectivity index (χ2v) is 2.48. The zero-order valence-electron chi connectivity index (χ0n) is 8.82. The van der Waals surface area contributed by atoms with Crippen LogP contribution >= 0.6 is 0 Å². The van der Waals surface area contributed by atoms with Crippen LogP contribution in [0, 0.1) is 0 Å². The van der Waals surface area contributed by atoms with E-state index in [0.29, 0.717) is 26.4 Å². The molecule has 0 aliphatic heterocycles. The molecule has 0 spiro atoms. The molecule has 0 N–H and O–H groups in total. The number of carbonyl (C=O) groups excluding carboxylic acids is 1. The van der Waals surface area contributed by atoms with Crippen molar-refractivity contribution in [3.05, 3.63) is 12.2 Å². The van der Waals surface area contributed by atoms with E-state index in [2.05, 4.69) is 0 Å². The second-order valence-electron chi connectivity index (χ2n) is 2.48. The van der Waals surface area contributed by atoms with Gasteiger partial charge >= 0.3 is 5.97 Å². The Balaban J connectivity index is 3.09. The van der Waals surface area contributed by atoms with Crippen molar-refractivity contribution in [2.45, 2.75) is 13.8 Å². The smallest absolute Gasteiger partial charge is 0.330 e. The third kappa shape index (κ3) is 9.22. The summed E-state index contributed by atoms with van der Waals surface area (Å²) in [7, 11) is 0. The second kappa shape index (κ2) is 10.2. The summed E-state index contributed by atoms with van der Waals surface area (Å²) in [5.74, 6) is -0.332. The van der Waals surface area contributed by atoms with Gasteiger partial charge in [-0.2, -0.15) is 0 Å². The fraction of sp³-hybridized carbons (Fsp3) is 0.700.